The molecule has 17 heavy (non-hydrogen) atoms. The Morgan fingerprint density at radius 3 is 2.71 bits per heavy atom. The molecule has 0 radical (unpaired) electrons. The first-order chi connectivity index (χ1) is 7.84. The quantitative estimate of drug-likeness (QED) is 0.928. The summed E-state index contributed by atoms with van der Waals surface area (Å²) in [6.45, 7) is 1.92. The van der Waals surface area contributed by atoms with Gasteiger partial charge in [0.05, 0.1) is 0 Å². The van der Waals surface area contributed by atoms with E-state index < -0.39 is 10.0 Å². The molecule has 0 aromatic heterocycles. The molecule has 0 aliphatic rings. The van der Waals surface area contributed by atoms with Crippen molar-refractivity contribution in [2.24, 2.45) is 5.14 Å². The van der Waals surface area contributed by atoms with Crippen molar-refractivity contribution in [3.05, 3.63) is 34.3 Å². The zero-order valence-corrected chi connectivity index (χ0v) is 11.3. The minimum absolute atomic E-state index is 0.146. The summed E-state index contributed by atoms with van der Waals surface area (Å²) in [6.07, 6.45) is 0. The van der Waals surface area contributed by atoms with Crippen LogP contribution in [0, 0.1) is 0 Å². The highest BCUT2D eigenvalue weighted by Gasteiger charge is 2.15. The number of nitrogens with two attached hydrogens (primary N) is 1. The molecular weight excluding hydrogens is 285 g/mol. The Morgan fingerprint density at radius 2 is 2.18 bits per heavy atom. The molecule has 0 amide bonds. The predicted molar refractivity (Wildman–Crippen MR) is 67.9 cm³/mol. The highest BCUT2D eigenvalue weighted by molar-refractivity contribution is 7.89. The van der Waals surface area contributed by atoms with Crippen molar-refractivity contribution in [2.75, 3.05) is 6.61 Å². The van der Waals surface area contributed by atoms with Gasteiger partial charge in [-0.3, -0.25) is 0 Å². The van der Waals surface area contributed by atoms with Crippen molar-refractivity contribution >= 4 is 33.2 Å². The van der Waals surface area contributed by atoms with Gasteiger partial charge in [0.25, 0.3) is 0 Å². The fraction of sp³-hybridized carbons (Fsp3) is 0.200. The zero-order chi connectivity index (χ0) is 13.1. The number of rotatable bonds is 4. The van der Waals surface area contributed by atoms with Crippen molar-refractivity contribution < 1.29 is 13.2 Å². The van der Waals surface area contributed by atoms with Gasteiger partial charge in [-0.05, 0) is 30.7 Å². The van der Waals surface area contributed by atoms with Crippen LogP contribution in [0.1, 0.15) is 6.92 Å². The minimum Gasteiger partial charge on any atom is -0.488 e. The molecule has 94 valence electrons. The van der Waals surface area contributed by atoms with Crippen LogP contribution in [0.5, 0.6) is 5.75 Å². The second-order valence-corrected chi connectivity index (χ2v) is 5.56. The molecule has 0 bridgehead atoms. The summed E-state index contributed by atoms with van der Waals surface area (Å²) in [4.78, 5) is -0.146. The van der Waals surface area contributed by atoms with Crippen LogP contribution in [0.4, 0.5) is 0 Å². The molecule has 0 saturated carbocycles. The third-order valence-electron chi connectivity index (χ3n) is 1.85. The Bertz CT molecular complexity index is 540. The van der Waals surface area contributed by atoms with Gasteiger partial charge in [0, 0.05) is 10.6 Å². The van der Waals surface area contributed by atoms with Crippen LogP contribution >= 0.6 is 23.2 Å². The molecule has 0 heterocycles. The Balaban J connectivity index is 3.08. The molecule has 0 atom stereocenters. The van der Waals surface area contributed by atoms with Crippen LogP contribution in [0.3, 0.4) is 0 Å². The van der Waals surface area contributed by atoms with Gasteiger partial charge >= 0.3 is 0 Å². The third-order valence-corrected chi connectivity index (χ3v) is 3.39. The number of hydrogen-bond donors (Lipinski definition) is 1. The van der Waals surface area contributed by atoms with E-state index in [4.69, 9.17) is 33.1 Å². The second-order valence-electron chi connectivity index (χ2n) is 3.38. The van der Waals surface area contributed by atoms with Gasteiger partial charge in [-0.1, -0.05) is 23.2 Å². The van der Waals surface area contributed by atoms with Gasteiger partial charge in [0.15, 0.2) is 0 Å². The molecule has 0 spiro atoms. The SMILES string of the molecule is C/C(=C/Cl)COc1ccc(Cl)cc1S(N)(=O)=O. The number of halogens is 2. The van der Waals surface area contributed by atoms with Gasteiger partial charge in [-0.2, -0.15) is 0 Å². The Kier molecular flexibility index (Phi) is 4.82. The van der Waals surface area contributed by atoms with Crippen molar-refractivity contribution in [3.63, 3.8) is 0 Å². The third kappa shape index (κ3) is 4.20. The van der Waals surface area contributed by atoms with E-state index in [2.05, 4.69) is 0 Å². The maximum atomic E-state index is 11.3. The van der Waals surface area contributed by atoms with Crippen molar-refractivity contribution in [2.45, 2.75) is 11.8 Å². The van der Waals surface area contributed by atoms with Crippen molar-refractivity contribution in [1.29, 1.82) is 0 Å². The molecule has 0 unspecified atom stereocenters. The average molecular weight is 296 g/mol. The molecule has 1 aromatic carbocycles. The van der Waals surface area contributed by atoms with E-state index in [1.807, 2.05) is 0 Å². The van der Waals surface area contributed by atoms with E-state index >= 15 is 0 Å². The standard InChI is InChI=1S/C10H11Cl2NO3S/c1-7(5-11)6-16-9-3-2-8(12)4-10(9)17(13,14)15/h2-5H,6H2,1H3,(H2,13,14,15)/b7-5-. The predicted octanol–water partition coefficient (Wildman–Crippen LogP) is 2.51. The lowest BCUT2D eigenvalue weighted by Crippen LogP contribution is -2.14. The van der Waals surface area contributed by atoms with E-state index in [1.54, 1.807) is 6.92 Å². The summed E-state index contributed by atoms with van der Waals surface area (Å²) in [5, 5.41) is 5.33. The highest BCUT2D eigenvalue weighted by Crippen LogP contribution is 2.26. The highest BCUT2D eigenvalue weighted by atomic mass is 35.5. The lowest BCUT2D eigenvalue weighted by atomic mass is 10.3. The van der Waals surface area contributed by atoms with Crippen LogP contribution < -0.4 is 9.88 Å². The van der Waals surface area contributed by atoms with Gasteiger partial charge in [-0.15, -0.1) is 0 Å². The Labute approximate surface area is 110 Å². The molecular formula is C10H11Cl2NO3S. The smallest absolute Gasteiger partial charge is 0.241 e. The molecule has 0 aliphatic carbocycles. The van der Waals surface area contributed by atoms with Gasteiger partial charge in [-0.25, -0.2) is 13.6 Å². The molecule has 0 saturated heterocycles. The maximum absolute atomic E-state index is 11.3. The normalized spacial score (nSPS) is 12.6. The van der Waals surface area contributed by atoms with E-state index in [0.717, 1.165) is 5.57 Å². The van der Waals surface area contributed by atoms with Gasteiger partial charge in [0.1, 0.15) is 17.3 Å². The maximum Gasteiger partial charge on any atom is 0.241 e. The molecule has 1 aromatic rings. The monoisotopic (exact) mass is 295 g/mol. The van der Waals surface area contributed by atoms with Crippen molar-refractivity contribution in [1.82, 2.24) is 0 Å². The summed E-state index contributed by atoms with van der Waals surface area (Å²) >= 11 is 11.2. The minimum atomic E-state index is -3.87. The summed E-state index contributed by atoms with van der Waals surface area (Å²) in [7, 11) is -3.87. The number of sulfonamides is 1. The van der Waals surface area contributed by atoms with E-state index in [0.29, 0.717) is 0 Å². The average Bonchev–Trinajstić information content (AvgIpc) is 2.25. The topological polar surface area (TPSA) is 69.4 Å². The Hall–Kier alpha value is -0.750. The zero-order valence-electron chi connectivity index (χ0n) is 8.98. The molecule has 4 nitrogen and oxygen atoms in total. The summed E-state index contributed by atoms with van der Waals surface area (Å²) in [5.41, 5.74) is 2.11. The van der Waals surface area contributed by atoms with Gasteiger partial charge in [0.2, 0.25) is 10.0 Å². The first kappa shape index (κ1) is 14.3. The van der Waals surface area contributed by atoms with Crippen molar-refractivity contribution in [3.8, 4) is 5.75 Å². The van der Waals surface area contributed by atoms with Crippen LogP contribution in [0.15, 0.2) is 34.2 Å². The van der Waals surface area contributed by atoms with Crippen LogP contribution in [0.2, 0.25) is 5.02 Å². The first-order valence-electron chi connectivity index (χ1n) is 4.55. The van der Waals surface area contributed by atoms with Gasteiger partial charge < -0.3 is 4.74 Å². The van der Waals surface area contributed by atoms with E-state index in [9.17, 15) is 8.42 Å². The molecule has 7 heteroatoms. The summed E-state index contributed by atoms with van der Waals surface area (Å²) in [6, 6.07) is 4.21. The van der Waals surface area contributed by atoms with E-state index in [-0.39, 0.29) is 22.3 Å². The molecule has 2 N–H and O–H groups in total. The number of primary sulfonamides is 1. The molecule has 1 rings (SSSR count). The fourth-order valence-corrected chi connectivity index (χ4v) is 2.04. The summed E-state index contributed by atoms with van der Waals surface area (Å²) in [5.74, 6) is 0.148. The fourth-order valence-electron chi connectivity index (χ4n) is 1.05. The van der Waals surface area contributed by atoms with Crippen LogP contribution in [-0.4, -0.2) is 15.0 Å². The lowest BCUT2D eigenvalue weighted by Gasteiger charge is -2.10. The molecule has 0 fully saturated rings. The van der Waals surface area contributed by atoms with E-state index in [1.165, 1.54) is 23.7 Å². The number of hydrogen-bond acceptors (Lipinski definition) is 3. The first-order valence-corrected chi connectivity index (χ1v) is 6.91. The Morgan fingerprint density at radius 1 is 1.53 bits per heavy atom. The van der Waals surface area contributed by atoms with Crippen LogP contribution in [0.25, 0.3) is 0 Å². The number of benzene rings is 1. The number of ether oxygens (including phenoxy) is 1. The molecule has 0 aliphatic heterocycles. The lowest BCUT2D eigenvalue weighted by molar-refractivity contribution is 0.343. The second kappa shape index (κ2) is 5.73. The summed E-state index contributed by atoms with van der Waals surface area (Å²) < 4.78 is 27.9. The van der Waals surface area contributed by atoms with Crippen LogP contribution in [-0.2, 0) is 10.0 Å². The largest absolute Gasteiger partial charge is 0.488 e.